The lowest BCUT2D eigenvalue weighted by Gasteiger charge is -2.31. The number of anilines is 1. The third-order valence-electron chi connectivity index (χ3n) is 4.22. The van der Waals surface area contributed by atoms with Crippen LogP contribution in [0.25, 0.3) is 0 Å². The Morgan fingerprint density at radius 3 is 2.84 bits per heavy atom. The monoisotopic (exact) mass is 349 g/mol. The fraction of sp³-hybridized carbons (Fsp3) is 0.400. The number of likely N-dealkylation sites (tertiary alicyclic amines) is 1. The van der Waals surface area contributed by atoms with Crippen molar-refractivity contribution in [3.63, 3.8) is 0 Å². The van der Waals surface area contributed by atoms with E-state index in [4.69, 9.17) is 4.74 Å². The highest BCUT2D eigenvalue weighted by Gasteiger charge is 2.36. The number of amides is 1. The first-order chi connectivity index (χ1) is 11.9. The van der Waals surface area contributed by atoms with Crippen LogP contribution in [0.5, 0.6) is 5.75 Å². The van der Waals surface area contributed by atoms with Gasteiger partial charge in [0.15, 0.2) is 5.75 Å². The largest absolute Gasteiger partial charge is 0.480 e. The topological polar surface area (TPSA) is 130 Å². The van der Waals surface area contributed by atoms with Gasteiger partial charge in [-0.05, 0) is 18.9 Å². The maximum Gasteiger partial charge on any atom is 0.331 e. The van der Waals surface area contributed by atoms with Crippen molar-refractivity contribution in [3.8, 4) is 5.75 Å². The summed E-state index contributed by atoms with van der Waals surface area (Å²) in [5.74, 6) is -2.10. The Balaban J connectivity index is 1.82. The molecular formula is C15H15N3O7. The van der Waals surface area contributed by atoms with Crippen LogP contribution in [0.1, 0.15) is 12.8 Å². The highest BCUT2D eigenvalue weighted by molar-refractivity contribution is 5.91. The maximum absolute atomic E-state index is 12.5. The number of esters is 1. The zero-order chi connectivity index (χ0) is 18.1. The number of non-ortho nitro benzene ring substituents is 1. The predicted octanol–water partition coefficient (Wildman–Crippen LogP) is 0.396. The molecule has 0 radical (unpaired) electrons. The Labute approximate surface area is 141 Å². The summed E-state index contributed by atoms with van der Waals surface area (Å²) in [5.41, 5.74) is 0.148. The molecule has 1 aromatic carbocycles. The molecule has 1 unspecified atom stereocenters. The molecule has 2 aliphatic heterocycles. The van der Waals surface area contributed by atoms with Crippen molar-refractivity contribution < 1.29 is 29.2 Å². The molecule has 2 aliphatic rings. The number of nitrogens with zero attached hydrogens (tertiary/aromatic N) is 3. The molecule has 0 spiro atoms. The van der Waals surface area contributed by atoms with Crippen molar-refractivity contribution in [1.29, 1.82) is 0 Å². The zero-order valence-electron chi connectivity index (χ0n) is 13.1. The average molecular weight is 349 g/mol. The van der Waals surface area contributed by atoms with Gasteiger partial charge in [0, 0.05) is 12.6 Å². The summed E-state index contributed by atoms with van der Waals surface area (Å²) in [6.45, 7) is -0.0486. The molecule has 25 heavy (non-hydrogen) atoms. The average Bonchev–Trinajstić information content (AvgIpc) is 3.04. The number of rotatable bonds is 4. The molecule has 10 heteroatoms. The zero-order valence-corrected chi connectivity index (χ0v) is 13.1. The minimum Gasteiger partial charge on any atom is -0.480 e. The van der Waals surface area contributed by atoms with Crippen molar-refractivity contribution >= 4 is 29.2 Å². The van der Waals surface area contributed by atoms with Crippen molar-refractivity contribution in [1.82, 2.24) is 4.90 Å². The van der Waals surface area contributed by atoms with Gasteiger partial charge in [0.1, 0.15) is 12.6 Å². The molecule has 1 saturated heterocycles. The van der Waals surface area contributed by atoms with E-state index in [-0.39, 0.29) is 24.5 Å². The second-order valence-electron chi connectivity index (χ2n) is 5.82. The smallest absolute Gasteiger partial charge is 0.331 e. The van der Waals surface area contributed by atoms with Crippen LogP contribution in [-0.2, 0) is 14.4 Å². The van der Waals surface area contributed by atoms with Gasteiger partial charge in [-0.2, -0.15) is 0 Å². The van der Waals surface area contributed by atoms with Crippen molar-refractivity contribution in [3.05, 3.63) is 28.3 Å². The van der Waals surface area contributed by atoms with Crippen LogP contribution >= 0.6 is 0 Å². The molecule has 1 aromatic rings. The first-order valence-corrected chi connectivity index (χ1v) is 7.63. The van der Waals surface area contributed by atoms with E-state index in [2.05, 4.69) is 0 Å². The number of aliphatic carboxylic acids is 1. The van der Waals surface area contributed by atoms with Crippen LogP contribution in [0.4, 0.5) is 11.4 Å². The van der Waals surface area contributed by atoms with Crippen molar-refractivity contribution in [2.45, 2.75) is 18.9 Å². The Kier molecular flexibility index (Phi) is 4.26. The van der Waals surface area contributed by atoms with E-state index in [1.807, 2.05) is 0 Å². The van der Waals surface area contributed by atoms with Gasteiger partial charge in [-0.1, -0.05) is 0 Å². The molecule has 1 amide bonds. The van der Waals surface area contributed by atoms with E-state index < -0.39 is 28.8 Å². The molecule has 0 aliphatic carbocycles. The second-order valence-corrected chi connectivity index (χ2v) is 5.82. The van der Waals surface area contributed by atoms with Crippen LogP contribution < -0.4 is 9.64 Å². The predicted molar refractivity (Wildman–Crippen MR) is 83.3 cm³/mol. The molecule has 1 N–H and O–H groups in total. The van der Waals surface area contributed by atoms with Crippen LogP contribution in [0.2, 0.25) is 0 Å². The number of carbonyl (C=O) groups excluding carboxylic acids is 2. The fourth-order valence-electron chi connectivity index (χ4n) is 3.07. The molecule has 132 valence electrons. The van der Waals surface area contributed by atoms with E-state index in [0.717, 1.165) is 6.07 Å². The van der Waals surface area contributed by atoms with E-state index in [0.29, 0.717) is 25.1 Å². The number of hydrogen-bond donors (Lipinski definition) is 1. The van der Waals surface area contributed by atoms with Gasteiger partial charge in [-0.15, -0.1) is 0 Å². The molecule has 0 saturated carbocycles. The Morgan fingerprint density at radius 1 is 1.40 bits per heavy atom. The number of nitro groups is 1. The minimum absolute atomic E-state index is 0.00876. The molecule has 3 rings (SSSR count). The van der Waals surface area contributed by atoms with Gasteiger partial charge in [0.2, 0.25) is 5.91 Å². The molecular weight excluding hydrogens is 334 g/mol. The first kappa shape index (κ1) is 16.7. The summed E-state index contributed by atoms with van der Waals surface area (Å²) in [6.07, 6.45) is 0.999. The molecule has 1 fully saturated rings. The molecule has 0 aromatic heterocycles. The normalized spacial score (nSPS) is 19.4. The Hall–Kier alpha value is -3.17. The number of carbonyl (C=O) groups is 3. The highest BCUT2D eigenvalue weighted by Crippen LogP contribution is 2.35. The maximum atomic E-state index is 12.5. The second kappa shape index (κ2) is 6.38. The quantitative estimate of drug-likeness (QED) is 0.358. The van der Waals surface area contributed by atoms with E-state index in [1.54, 1.807) is 0 Å². The summed E-state index contributed by atoms with van der Waals surface area (Å²) >= 11 is 0. The lowest BCUT2D eigenvalue weighted by Crippen LogP contribution is -2.48. The molecule has 0 bridgehead atoms. The summed E-state index contributed by atoms with van der Waals surface area (Å²) < 4.78 is 5.02. The number of ether oxygens (including phenoxy) is 1. The van der Waals surface area contributed by atoms with Gasteiger partial charge in [0.05, 0.1) is 23.2 Å². The first-order valence-electron chi connectivity index (χ1n) is 7.63. The minimum atomic E-state index is -1.06. The summed E-state index contributed by atoms with van der Waals surface area (Å²) in [4.78, 5) is 48.4. The van der Waals surface area contributed by atoms with E-state index in [1.165, 1.54) is 21.9 Å². The SMILES string of the molecule is O=C1CN(CC(=O)N2CCCC2C(=O)O)c2ccc([N+](=O)[O-])cc2O1. The lowest BCUT2D eigenvalue weighted by atomic mass is 10.2. The molecule has 1 atom stereocenters. The number of carboxylic acids is 1. The number of fused-ring (bicyclic) bond motifs is 1. The van der Waals surface area contributed by atoms with Gasteiger partial charge in [0.25, 0.3) is 5.69 Å². The fourth-order valence-corrected chi connectivity index (χ4v) is 3.07. The van der Waals surface area contributed by atoms with Crippen LogP contribution in [0, 0.1) is 10.1 Å². The van der Waals surface area contributed by atoms with Crippen LogP contribution in [0.15, 0.2) is 18.2 Å². The number of carboxylic acid groups (broad SMARTS) is 1. The number of nitro benzene ring substituents is 1. The lowest BCUT2D eigenvalue weighted by molar-refractivity contribution is -0.384. The third kappa shape index (κ3) is 3.23. The van der Waals surface area contributed by atoms with Gasteiger partial charge in [-0.25, -0.2) is 9.59 Å². The Morgan fingerprint density at radius 2 is 2.16 bits per heavy atom. The van der Waals surface area contributed by atoms with E-state index >= 15 is 0 Å². The van der Waals surface area contributed by atoms with Crippen LogP contribution in [0.3, 0.4) is 0 Å². The van der Waals surface area contributed by atoms with Gasteiger partial charge >= 0.3 is 11.9 Å². The Bertz CT molecular complexity index is 763. The van der Waals surface area contributed by atoms with Crippen LogP contribution in [-0.4, -0.2) is 58.5 Å². The summed E-state index contributed by atoms with van der Waals surface area (Å²) in [7, 11) is 0. The number of hydrogen-bond acceptors (Lipinski definition) is 7. The summed E-state index contributed by atoms with van der Waals surface area (Å²) in [5, 5.41) is 20.0. The van der Waals surface area contributed by atoms with Crippen molar-refractivity contribution in [2.75, 3.05) is 24.5 Å². The van der Waals surface area contributed by atoms with Crippen molar-refractivity contribution in [2.24, 2.45) is 0 Å². The standard InChI is InChI=1S/C15H15N3O7/c19-13(17-5-1-2-11(17)15(21)22)7-16-8-14(20)25-12-6-9(18(23)24)3-4-10(12)16/h3-4,6,11H,1-2,5,7-8H2,(H,21,22). The van der Waals surface area contributed by atoms with E-state index in [9.17, 15) is 29.6 Å². The van der Waals surface area contributed by atoms with Gasteiger partial charge < -0.3 is 19.6 Å². The third-order valence-corrected chi connectivity index (χ3v) is 4.22. The molecule has 10 nitrogen and oxygen atoms in total. The molecule has 2 heterocycles. The number of benzene rings is 1. The van der Waals surface area contributed by atoms with Gasteiger partial charge in [-0.3, -0.25) is 14.9 Å². The highest BCUT2D eigenvalue weighted by atomic mass is 16.6. The summed E-state index contributed by atoms with van der Waals surface area (Å²) in [6, 6.07) is 2.93.